The summed E-state index contributed by atoms with van der Waals surface area (Å²) in [4.78, 5) is 24.6. The standard InChI is InChI=1S/C26H19F3N2O4/c27-18-4-1-14(2-5-18)22-9-16(7-17-8-20(35-24(17)22)11-30-26(33)34)21-6-3-15(10-23(21)29)25(32)31-12-19(28)13-31/h1-10,19,30H,11-13H2,(H,33,34). The van der Waals surface area contributed by atoms with E-state index in [1.54, 1.807) is 30.3 Å². The molecule has 5 rings (SSSR count). The van der Waals surface area contributed by atoms with Gasteiger partial charge in [0.25, 0.3) is 5.91 Å². The molecule has 0 spiro atoms. The predicted molar refractivity (Wildman–Crippen MR) is 123 cm³/mol. The van der Waals surface area contributed by atoms with E-state index in [4.69, 9.17) is 9.52 Å². The van der Waals surface area contributed by atoms with Crippen molar-refractivity contribution in [3.05, 3.63) is 83.6 Å². The number of fused-ring (bicyclic) bond motifs is 1. The lowest BCUT2D eigenvalue weighted by molar-refractivity contribution is 0.0400. The molecule has 1 saturated heterocycles. The first-order valence-electron chi connectivity index (χ1n) is 10.8. The highest BCUT2D eigenvalue weighted by molar-refractivity contribution is 5.98. The molecule has 3 aromatic carbocycles. The van der Waals surface area contributed by atoms with Crippen molar-refractivity contribution in [3.8, 4) is 22.3 Å². The minimum Gasteiger partial charge on any atom is -0.465 e. The molecule has 178 valence electrons. The van der Waals surface area contributed by atoms with Crippen LogP contribution >= 0.6 is 0 Å². The van der Waals surface area contributed by atoms with Crippen molar-refractivity contribution >= 4 is 23.0 Å². The molecule has 1 fully saturated rings. The number of nitrogens with zero attached hydrogens (tertiary/aromatic N) is 1. The number of benzene rings is 3. The molecule has 1 aliphatic heterocycles. The molecule has 1 aliphatic rings. The van der Waals surface area contributed by atoms with E-state index in [1.807, 2.05) is 0 Å². The molecule has 0 atom stereocenters. The van der Waals surface area contributed by atoms with E-state index in [0.717, 1.165) is 6.07 Å². The summed E-state index contributed by atoms with van der Waals surface area (Å²) in [5, 5.41) is 11.7. The summed E-state index contributed by atoms with van der Waals surface area (Å²) >= 11 is 0. The maximum atomic E-state index is 15.2. The minimum atomic E-state index is -1.21. The van der Waals surface area contributed by atoms with Gasteiger partial charge >= 0.3 is 6.09 Å². The van der Waals surface area contributed by atoms with E-state index in [2.05, 4.69) is 5.32 Å². The summed E-state index contributed by atoms with van der Waals surface area (Å²) in [6, 6.07) is 14.9. The van der Waals surface area contributed by atoms with Gasteiger partial charge in [0.1, 0.15) is 29.1 Å². The molecule has 2 heterocycles. The van der Waals surface area contributed by atoms with Crippen molar-refractivity contribution in [2.45, 2.75) is 12.7 Å². The molecule has 0 radical (unpaired) electrons. The Bertz CT molecular complexity index is 1440. The van der Waals surface area contributed by atoms with E-state index < -0.39 is 29.8 Å². The van der Waals surface area contributed by atoms with Gasteiger partial charge in [-0.1, -0.05) is 18.2 Å². The number of rotatable bonds is 5. The monoisotopic (exact) mass is 480 g/mol. The predicted octanol–water partition coefficient (Wildman–Crippen LogP) is 5.61. The van der Waals surface area contributed by atoms with Crippen LogP contribution in [0.25, 0.3) is 33.2 Å². The van der Waals surface area contributed by atoms with Crippen molar-refractivity contribution in [3.63, 3.8) is 0 Å². The number of carbonyl (C=O) groups is 2. The van der Waals surface area contributed by atoms with Crippen molar-refractivity contribution in [1.82, 2.24) is 10.2 Å². The van der Waals surface area contributed by atoms with Crippen LogP contribution in [0.1, 0.15) is 16.1 Å². The number of carbonyl (C=O) groups excluding carboxylic acids is 1. The average molecular weight is 480 g/mol. The van der Waals surface area contributed by atoms with Gasteiger partial charge in [-0.15, -0.1) is 0 Å². The molecule has 0 bridgehead atoms. The largest absolute Gasteiger partial charge is 0.465 e. The topological polar surface area (TPSA) is 82.8 Å². The third kappa shape index (κ3) is 4.44. The zero-order valence-corrected chi connectivity index (χ0v) is 18.2. The number of nitrogens with one attached hydrogen (secondary N) is 1. The molecule has 35 heavy (non-hydrogen) atoms. The van der Waals surface area contributed by atoms with Crippen LogP contribution in [0.2, 0.25) is 0 Å². The fourth-order valence-electron chi connectivity index (χ4n) is 4.11. The highest BCUT2D eigenvalue weighted by Gasteiger charge is 2.31. The second kappa shape index (κ2) is 8.83. The second-order valence-corrected chi connectivity index (χ2v) is 8.32. The quantitative estimate of drug-likeness (QED) is 0.389. The lowest BCUT2D eigenvalue weighted by atomic mass is 9.95. The Morgan fingerprint density at radius 2 is 1.71 bits per heavy atom. The molecule has 2 N–H and O–H groups in total. The van der Waals surface area contributed by atoms with Crippen molar-refractivity contribution < 1.29 is 32.3 Å². The van der Waals surface area contributed by atoms with E-state index in [0.29, 0.717) is 33.4 Å². The van der Waals surface area contributed by atoms with Crippen molar-refractivity contribution in [1.29, 1.82) is 0 Å². The van der Waals surface area contributed by atoms with Gasteiger partial charge in [0.15, 0.2) is 0 Å². The first-order valence-corrected chi connectivity index (χ1v) is 10.8. The van der Waals surface area contributed by atoms with E-state index in [1.165, 1.54) is 29.2 Å². The number of carboxylic acid groups (broad SMARTS) is 1. The van der Waals surface area contributed by atoms with Crippen LogP contribution in [0, 0.1) is 11.6 Å². The van der Waals surface area contributed by atoms with Gasteiger partial charge in [0.2, 0.25) is 0 Å². The first-order chi connectivity index (χ1) is 16.8. The van der Waals surface area contributed by atoms with Crippen LogP contribution in [-0.4, -0.2) is 41.3 Å². The molecule has 0 aliphatic carbocycles. The second-order valence-electron chi connectivity index (χ2n) is 8.32. The Kier molecular flexibility index (Phi) is 5.68. The number of furan rings is 1. The highest BCUT2D eigenvalue weighted by atomic mass is 19.1. The lowest BCUT2D eigenvalue weighted by Gasteiger charge is -2.34. The van der Waals surface area contributed by atoms with Crippen LogP contribution in [0.15, 0.2) is 65.1 Å². The number of alkyl halides is 1. The number of hydrogen-bond donors (Lipinski definition) is 2. The van der Waals surface area contributed by atoms with Crippen LogP contribution in [0.3, 0.4) is 0 Å². The van der Waals surface area contributed by atoms with Crippen molar-refractivity contribution in [2.75, 3.05) is 13.1 Å². The summed E-state index contributed by atoms with van der Waals surface area (Å²) in [6.07, 6.45) is -2.26. The Morgan fingerprint density at radius 1 is 0.971 bits per heavy atom. The minimum absolute atomic E-state index is 0.000536. The van der Waals surface area contributed by atoms with Gasteiger partial charge in [-0.25, -0.2) is 18.0 Å². The summed E-state index contributed by atoms with van der Waals surface area (Å²) in [5.41, 5.74) is 2.46. The maximum absolute atomic E-state index is 15.2. The molecule has 4 aromatic rings. The highest BCUT2D eigenvalue weighted by Crippen LogP contribution is 2.37. The van der Waals surface area contributed by atoms with E-state index >= 15 is 4.39 Å². The summed E-state index contributed by atoms with van der Waals surface area (Å²) in [7, 11) is 0. The Balaban J connectivity index is 1.57. The van der Waals surface area contributed by atoms with E-state index in [-0.39, 0.29) is 30.8 Å². The SMILES string of the molecule is O=C(O)NCc1cc2cc(-c3ccc(C(=O)N4CC(F)C4)cc3F)cc(-c3ccc(F)cc3)c2o1. The molecule has 0 saturated carbocycles. The van der Waals surface area contributed by atoms with Crippen LogP contribution in [-0.2, 0) is 6.54 Å². The normalized spacial score (nSPS) is 13.6. The van der Waals surface area contributed by atoms with Crippen molar-refractivity contribution in [2.24, 2.45) is 0 Å². The van der Waals surface area contributed by atoms with Gasteiger partial charge in [-0.05, 0) is 53.6 Å². The number of halogens is 3. The molecule has 1 aromatic heterocycles. The molecular formula is C26H19F3N2O4. The Hall–Kier alpha value is -4.27. The zero-order chi connectivity index (χ0) is 24.7. The maximum Gasteiger partial charge on any atom is 0.405 e. The third-order valence-electron chi connectivity index (χ3n) is 5.89. The van der Waals surface area contributed by atoms with Crippen LogP contribution < -0.4 is 5.32 Å². The molecule has 6 nitrogen and oxygen atoms in total. The first kappa shape index (κ1) is 22.5. The fourth-order valence-corrected chi connectivity index (χ4v) is 4.11. The lowest BCUT2D eigenvalue weighted by Crippen LogP contribution is -2.51. The average Bonchev–Trinajstić information content (AvgIpc) is 3.23. The molecular weight excluding hydrogens is 461 g/mol. The van der Waals surface area contributed by atoms with Gasteiger partial charge in [0.05, 0.1) is 19.6 Å². The summed E-state index contributed by atoms with van der Waals surface area (Å²) in [6.45, 7) is -0.0669. The van der Waals surface area contributed by atoms with Crippen LogP contribution in [0.4, 0.5) is 18.0 Å². The fraction of sp³-hybridized carbons (Fsp3) is 0.154. The molecule has 0 unspecified atom stereocenters. The summed E-state index contributed by atoms with van der Waals surface area (Å²) < 4.78 is 47.6. The Labute approximate surface area is 197 Å². The number of hydrogen-bond acceptors (Lipinski definition) is 3. The molecule has 2 amide bonds. The summed E-state index contributed by atoms with van der Waals surface area (Å²) in [5.74, 6) is -1.13. The zero-order valence-electron chi connectivity index (χ0n) is 18.2. The smallest absolute Gasteiger partial charge is 0.405 e. The third-order valence-corrected chi connectivity index (χ3v) is 5.89. The number of likely N-dealkylation sites (tertiary alicyclic amines) is 1. The Morgan fingerprint density at radius 3 is 2.37 bits per heavy atom. The van der Waals surface area contributed by atoms with Gasteiger partial charge in [-0.2, -0.15) is 0 Å². The van der Waals surface area contributed by atoms with Gasteiger partial charge in [-0.3, -0.25) is 4.79 Å². The molecule has 9 heteroatoms. The van der Waals surface area contributed by atoms with Crippen LogP contribution in [0.5, 0.6) is 0 Å². The van der Waals surface area contributed by atoms with Gasteiger partial charge in [0, 0.05) is 22.1 Å². The van der Waals surface area contributed by atoms with Gasteiger partial charge < -0.3 is 19.7 Å². The van der Waals surface area contributed by atoms with E-state index in [9.17, 15) is 18.4 Å². The number of amides is 2.